The van der Waals surface area contributed by atoms with Crippen LogP contribution in [0.3, 0.4) is 0 Å². The number of ether oxygens (including phenoxy) is 1. The molecule has 5 rings (SSSR count). The highest BCUT2D eigenvalue weighted by Gasteiger charge is 2.19. The molecule has 0 spiro atoms. The van der Waals surface area contributed by atoms with E-state index in [4.69, 9.17) is 9.72 Å². The Balaban J connectivity index is 1.17. The van der Waals surface area contributed by atoms with E-state index in [9.17, 15) is 0 Å². The van der Waals surface area contributed by atoms with Gasteiger partial charge >= 0.3 is 0 Å². The number of hydrogen-bond acceptors (Lipinski definition) is 7. The summed E-state index contributed by atoms with van der Waals surface area (Å²) in [7, 11) is 1.74. The van der Waals surface area contributed by atoms with Crippen molar-refractivity contribution < 1.29 is 4.74 Å². The SMILES string of the molecule is COc1ccccc1N1CCN(CCCNc2nc3ccccc3n3c(C)nnc23)CC1. The second kappa shape index (κ2) is 9.00. The molecule has 8 nitrogen and oxygen atoms in total. The number of anilines is 2. The second-order valence-corrected chi connectivity index (χ2v) is 8.14. The Morgan fingerprint density at radius 2 is 1.75 bits per heavy atom. The third-order valence-corrected chi connectivity index (χ3v) is 6.13. The van der Waals surface area contributed by atoms with Gasteiger partial charge in [-0.15, -0.1) is 10.2 Å². The Morgan fingerprint density at radius 1 is 0.969 bits per heavy atom. The lowest BCUT2D eigenvalue weighted by Crippen LogP contribution is -2.46. The fraction of sp³-hybridized carbons (Fsp3) is 0.375. The molecule has 2 aromatic carbocycles. The molecular formula is C24H29N7O. The van der Waals surface area contributed by atoms with Gasteiger partial charge in [0.2, 0.25) is 5.65 Å². The number of piperazine rings is 1. The summed E-state index contributed by atoms with van der Waals surface area (Å²) >= 11 is 0. The maximum absolute atomic E-state index is 5.52. The molecule has 0 atom stereocenters. The van der Waals surface area contributed by atoms with E-state index in [1.165, 1.54) is 5.69 Å². The van der Waals surface area contributed by atoms with Crippen molar-refractivity contribution in [2.75, 3.05) is 56.6 Å². The minimum Gasteiger partial charge on any atom is -0.495 e. The molecule has 166 valence electrons. The van der Waals surface area contributed by atoms with Crippen LogP contribution < -0.4 is 15.0 Å². The van der Waals surface area contributed by atoms with Gasteiger partial charge in [-0.2, -0.15) is 0 Å². The van der Waals surface area contributed by atoms with Crippen LogP contribution in [0, 0.1) is 6.92 Å². The van der Waals surface area contributed by atoms with Crippen molar-refractivity contribution in [1.82, 2.24) is 24.5 Å². The topological polar surface area (TPSA) is 70.8 Å². The number of aryl methyl sites for hydroxylation is 1. The quantitative estimate of drug-likeness (QED) is 0.451. The number of aromatic nitrogens is 4. The molecule has 1 N–H and O–H groups in total. The van der Waals surface area contributed by atoms with Gasteiger partial charge < -0.3 is 15.0 Å². The van der Waals surface area contributed by atoms with Crippen LogP contribution >= 0.6 is 0 Å². The Labute approximate surface area is 187 Å². The molecule has 1 aliphatic heterocycles. The highest BCUT2D eigenvalue weighted by atomic mass is 16.5. The number of benzene rings is 2. The molecule has 32 heavy (non-hydrogen) atoms. The Hall–Kier alpha value is -3.39. The summed E-state index contributed by atoms with van der Waals surface area (Å²) in [5, 5.41) is 12.1. The summed E-state index contributed by atoms with van der Waals surface area (Å²) in [5.41, 5.74) is 3.94. The molecule has 4 aromatic rings. The minimum atomic E-state index is 0.784. The number of para-hydroxylation sites is 4. The number of rotatable bonds is 7. The fourth-order valence-electron chi connectivity index (χ4n) is 4.45. The molecule has 0 unspecified atom stereocenters. The molecule has 0 bridgehead atoms. The predicted octanol–water partition coefficient (Wildman–Crippen LogP) is 3.22. The van der Waals surface area contributed by atoms with Gasteiger partial charge in [-0.25, -0.2) is 4.98 Å². The van der Waals surface area contributed by atoms with Gasteiger partial charge in [-0.3, -0.25) is 9.30 Å². The van der Waals surface area contributed by atoms with E-state index in [0.717, 1.165) is 79.8 Å². The minimum absolute atomic E-state index is 0.784. The largest absolute Gasteiger partial charge is 0.495 e. The Bertz CT molecular complexity index is 1210. The number of hydrogen-bond donors (Lipinski definition) is 1. The van der Waals surface area contributed by atoms with Gasteiger partial charge in [0, 0.05) is 32.7 Å². The van der Waals surface area contributed by atoms with Crippen LogP contribution in [0.15, 0.2) is 48.5 Å². The number of nitrogens with one attached hydrogen (secondary N) is 1. The zero-order chi connectivity index (χ0) is 21.9. The van der Waals surface area contributed by atoms with Crippen LogP contribution in [-0.2, 0) is 0 Å². The molecule has 1 fully saturated rings. The number of fused-ring (bicyclic) bond motifs is 3. The van der Waals surface area contributed by atoms with Crippen molar-refractivity contribution in [2.45, 2.75) is 13.3 Å². The molecule has 1 saturated heterocycles. The molecule has 0 amide bonds. The first-order valence-electron chi connectivity index (χ1n) is 11.2. The van der Waals surface area contributed by atoms with Gasteiger partial charge in [0.15, 0.2) is 5.82 Å². The van der Waals surface area contributed by atoms with Crippen LogP contribution in [0.4, 0.5) is 11.5 Å². The molecule has 0 aliphatic carbocycles. The van der Waals surface area contributed by atoms with E-state index in [2.05, 4.69) is 47.9 Å². The second-order valence-electron chi connectivity index (χ2n) is 8.14. The van der Waals surface area contributed by atoms with Crippen molar-refractivity contribution in [3.8, 4) is 5.75 Å². The zero-order valence-corrected chi connectivity index (χ0v) is 18.7. The monoisotopic (exact) mass is 431 g/mol. The van der Waals surface area contributed by atoms with Crippen molar-refractivity contribution in [3.05, 3.63) is 54.4 Å². The first-order valence-corrected chi connectivity index (χ1v) is 11.2. The van der Waals surface area contributed by atoms with Crippen LogP contribution in [0.5, 0.6) is 5.75 Å². The predicted molar refractivity (Wildman–Crippen MR) is 128 cm³/mol. The summed E-state index contributed by atoms with van der Waals surface area (Å²) in [5.74, 6) is 2.61. The van der Waals surface area contributed by atoms with E-state index in [1.807, 2.05) is 37.3 Å². The van der Waals surface area contributed by atoms with E-state index < -0.39 is 0 Å². The van der Waals surface area contributed by atoms with E-state index in [1.54, 1.807) is 7.11 Å². The molecule has 0 radical (unpaired) electrons. The third-order valence-electron chi connectivity index (χ3n) is 6.13. The molecule has 3 heterocycles. The van der Waals surface area contributed by atoms with Crippen LogP contribution in [0.2, 0.25) is 0 Å². The van der Waals surface area contributed by atoms with Crippen molar-refractivity contribution >= 4 is 28.2 Å². The average molecular weight is 432 g/mol. The molecule has 2 aromatic heterocycles. The van der Waals surface area contributed by atoms with Crippen molar-refractivity contribution in [2.24, 2.45) is 0 Å². The van der Waals surface area contributed by atoms with Gasteiger partial charge in [0.1, 0.15) is 11.6 Å². The first kappa shape index (κ1) is 20.5. The van der Waals surface area contributed by atoms with Gasteiger partial charge in [0.05, 0.1) is 23.8 Å². The fourth-order valence-corrected chi connectivity index (χ4v) is 4.45. The van der Waals surface area contributed by atoms with Crippen LogP contribution in [0.1, 0.15) is 12.2 Å². The maximum atomic E-state index is 5.52. The summed E-state index contributed by atoms with van der Waals surface area (Å²) in [6.45, 7) is 8.02. The number of nitrogens with zero attached hydrogens (tertiary/aromatic N) is 6. The summed E-state index contributed by atoms with van der Waals surface area (Å²) < 4.78 is 7.60. The standard InChI is InChI=1S/C24H29N7O/c1-18-27-28-24-23(26-19-8-3-4-9-20(19)31(18)24)25-12-7-13-29-14-16-30(17-15-29)21-10-5-6-11-22(21)32-2/h3-6,8-11H,7,12-17H2,1-2H3,(H,25,26). The van der Waals surface area contributed by atoms with Crippen LogP contribution in [-0.4, -0.2) is 70.9 Å². The van der Waals surface area contributed by atoms with Crippen molar-refractivity contribution in [3.63, 3.8) is 0 Å². The van der Waals surface area contributed by atoms with E-state index in [-0.39, 0.29) is 0 Å². The van der Waals surface area contributed by atoms with Gasteiger partial charge in [0.25, 0.3) is 0 Å². The maximum Gasteiger partial charge on any atom is 0.204 e. The van der Waals surface area contributed by atoms with Gasteiger partial charge in [-0.1, -0.05) is 24.3 Å². The Morgan fingerprint density at radius 3 is 2.59 bits per heavy atom. The summed E-state index contributed by atoms with van der Waals surface area (Å²) in [6, 6.07) is 16.4. The first-order chi connectivity index (χ1) is 15.7. The van der Waals surface area contributed by atoms with Gasteiger partial charge in [-0.05, 0) is 44.2 Å². The smallest absolute Gasteiger partial charge is 0.204 e. The molecular weight excluding hydrogens is 402 g/mol. The lowest BCUT2D eigenvalue weighted by Gasteiger charge is -2.36. The zero-order valence-electron chi connectivity index (χ0n) is 18.7. The summed E-state index contributed by atoms with van der Waals surface area (Å²) in [6.07, 6.45) is 1.04. The summed E-state index contributed by atoms with van der Waals surface area (Å²) in [4.78, 5) is 9.73. The highest BCUT2D eigenvalue weighted by molar-refractivity contribution is 5.82. The lowest BCUT2D eigenvalue weighted by atomic mass is 10.2. The van der Waals surface area contributed by atoms with E-state index in [0.29, 0.717) is 0 Å². The van der Waals surface area contributed by atoms with Crippen molar-refractivity contribution in [1.29, 1.82) is 0 Å². The van der Waals surface area contributed by atoms with Crippen LogP contribution in [0.25, 0.3) is 16.7 Å². The van der Waals surface area contributed by atoms with E-state index >= 15 is 0 Å². The lowest BCUT2D eigenvalue weighted by molar-refractivity contribution is 0.256. The third kappa shape index (κ3) is 3.93. The average Bonchev–Trinajstić information content (AvgIpc) is 3.24. The normalized spacial score (nSPS) is 14.9. The highest BCUT2D eigenvalue weighted by Crippen LogP contribution is 2.28. The Kier molecular flexibility index (Phi) is 5.77. The number of methoxy groups -OCH3 is 1. The molecule has 1 aliphatic rings. The molecule has 8 heteroatoms. The molecule has 0 saturated carbocycles.